The fourth-order valence-electron chi connectivity index (χ4n) is 3.81. The summed E-state index contributed by atoms with van der Waals surface area (Å²) < 4.78 is 16.9. The first-order valence-electron chi connectivity index (χ1n) is 12.0. The Bertz CT molecular complexity index is 1170. The van der Waals surface area contributed by atoms with Crippen LogP contribution in [-0.2, 0) is 33.6 Å². The predicted octanol–water partition coefficient (Wildman–Crippen LogP) is 5.31. The molecule has 1 amide bonds. The monoisotopic (exact) mass is 478 g/mol. The van der Waals surface area contributed by atoms with E-state index in [0.717, 1.165) is 40.4 Å². The maximum atomic E-state index is 11.7. The highest BCUT2D eigenvalue weighted by Crippen LogP contribution is 2.26. The SMILES string of the molecule is CCOC(=O)CCc1ccc(OCCc2nc(-c3cccc(N(C)C(C)=O)c3)oc2C)cc1CC. The van der Waals surface area contributed by atoms with Crippen LogP contribution in [0.3, 0.4) is 0 Å². The lowest BCUT2D eigenvalue weighted by atomic mass is 10.0. The minimum absolute atomic E-state index is 0.0400. The average molecular weight is 479 g/mol. The van der Waals surface area contributed by atoms with Gasteiger partial charge in [-0.2, -0.15) is 0 Å². The summed E-state index contributed by atoms with van der Waals surface area (Å²) >= 11 is 0. The second-order valence-corrected chi connectivity index (χ2v) is 8.34. The number of carbonyl (C=O) groups excluding carboxylic acids is 2. The molecule has 3 aromatic rings. The minimum atomic E-state index is -0.171. The second-order valence-electron chi connectivity index (χ2n) is 8.34. The smallest absolute Gasteiger partial charge is 0.306 e. The van der Waals surface area contributed by atoms with Crippen LogP contribution in [-0.4, -0.2) is 37.1 Å². The van der Waals surface area contributed by atoms with Crippen molar-refractivity contribution in [2.45, 2.75) is 53.4 Å². The first kappa shape index (κ1) is 26.0. The standard InChI is InChI=1S/C28H34N2O5/c1-6-21-18-25(13-11-22(21)12-14-27(32)33-7-2)34-16-15-26-19(3)35-28(29-26)23-9-8-10-24(17-23)30(5)20(4)31/h8-11,13,17-18H,6-7,12,14-16H2,1-5H3. The molecule has 1 heterocycles. The summed E-state index contributed by atoms with van der Waals surface area (Å²) in [5, 5.41) is 0. The van der Waals surface area contributed by atoms with Gasteiger partial charge in [0.2, 0.25) is 11.8 Å². The molecule has 0 atom stereocenters. The number of rotatable bonds is 11. The molecule has 0 aliphatic rings. The maximum Gasteiger partial charge on any atom is 0.306 e. The van der Waals surface area contributed by atoms with Crippen molar-refractivity contribution in [3.8, 4) is 17.2 Å². The highest BCUT2D eigenvalue weighted by atomic mass is 16.5. The summed E-state index contributed by atoms with van der Waals surface area (Å²) in [7, 11) is 1.74. The highest BCUT2D eigenvalue weighted by molar-refractivity contribution is 5.91. The van der Waals surface area contributed by atoms with Crippen molar-refractivity contribution in [3.63, 3.8) is 0 Å². The lowest BCUT2D eigenvalue weighted by Crippen LogP contribution is -2.22. The van der Waals surface area contributed by atoms with Crippen LogP contribution in [0.2, 0.25) is 0 Å². The number of carbonyl (C=O) groups is 2. The van der Waals surface area contributed by atoms with E-state index in [1.807, 2.05) is 56.3 Å². The summed E-state index contributed by atoms with van der Waals surface area (Å²) in [4.78, 5) is 29.6. The predicted molar refractivity (Wildman–Crippen MR) is 136 cm³/mol. The molecule has 0 aliphatic heterocycles. The number of hydrogen-bond acceptors (Lipinski definition) is 6. The van der Waals surface area contributed by atoms with Crippen LogP contribution >= 0.6 is 0 Å². The van der Waals surface area contributed by atoms with E-state index in [4.69, 9.17) is 13.9 Å². The van der Waals surface area contributed by atoms with Gasteiger partial charge in [0.15, 0.2) is 0 Å². The van der Waals surface area contributed by atoms with Crippen LogP contribution in [0.25, 0.3) is 11.5 Å². The van der Waals surface area contributed by atoms with Crippen LogP contribution in [0.5, 0.6) is 5.75 Å². The lowest BCUT2D eigenvalue weighted by Gasteiger charge is -2.15. The number of hydrogen-bond donors (Lipinski definition) is 0. The molecular formula is C28H34N2O5. The van der Waals surface area contributed by atoms with Gasteiger partial charge in [-0.15, -0.1) is 0 Å². The molecule has 0 saturated heterocycles. The van der Waals surface area contributed by atoms with Crippen molar-refractivity contribution in [3.05, 3.63) is 65.0 Å². The van der Waals surface area contributed by atoms with E-state index in [2.05, 4.69) is 11.9 Å². The topological polar surface area (TPSA) is 81.9 Å². The number of aromatic nitrogens is 1. The minimum Gasteiger partial charge on any atom is -0.493 e. The zero-order chi connectivity index (χ0) is 25.4. The van der Waals surface area contributed by atoms with Gasteiger partial charge >= 0.3 is 5.97 Å². The van der Waals surface area contributed by atoms with Crippen molar-refractivity contribution in [2.75, 3.05) is 25.2 Å². The van der Waals surface area contributed by atoms with Crippen molar-refractivity contribution < 1.29 is 23.5 Å². The van der Waals surface area contributed by atoms with E-state index >= 15 is 0 Å². The molecule has 0 aliphatic carbocycles. The third-order valence-electron chi connectivity index (χ3n) is 5.92. The largest absolute Gasteiger partial charge is 0.493 e. The molecule has 7 nitrogen and oxygen atoms in total. The van der Waals surface area contributed by atoms with Gasteiger partial charge in [-0.3, -0.25) is 9.59 Å². The molecule has 0 radical (unpaired) electrons. The Morgan fingerprint density at radius 3 is 2.57 bits per heavy atom. The number of amides is 1. The average Bonchev–Trinajstić information content (AvgIpc) is 3.23. The van der Waals surface area contributed by atoms with Gasteiger partial charge in [-0.1, -0.05) is 19.1 Å². The van der Waals surface area contributed by atoms with E-state index in [9.17, 15) is 9.59 Å². The van der Waals surface area contributed by atoms with E-state index in [0.29, 0.717) is 38.4 Å². The Morgan fingerprint density at radius 2 is 1.86 bits per heavy atom. The first-order chi connectivity index (χ1) is 16.8. The zero-order valence-electron chi connectivity index (χ0n) is 21.2. The van der Waals surface area contributed by atoms with Gasteiger partial charge in [-0.25, -0.2) is 4.98 Å². The number of esters is 1. The number of nitrogens with zero attached hydrogens (tertiary/aromatic N) is 2. The molecule has 3 rings (SSSR count). The van der Waals surface area contributed by atoms with Crippen molar-refractivity contribution >= 4 is 17.6 Å². The molecule has 2 aromatic carbocycles. The van der Waals surface area contributed by atoms with Gasteiger partial charge in [0.1, 0.15) is 11.5 Å². The first-order valence-corrected chi connectivity index (χ1v) is 12.0. The van der Waals surface area contributed by atoms with Gasteiger partial charge in [0, 0.05) is 38.1 Å². The Labute approximate surface area is 207 Å². The van der Waals surface area contributed by atoms with Crippen molar-refractivity contribution in [1.29, 1.82) is 0 Å². The number of aryl methyl sites for hydroxylation is 3. The molecule has 186 valence electrons. The molecule has 1 aromatic heterocycles. The molecular weight excluding hydrogens is 444 g/mol. The molecule has 0 bridgehead atoms. The Balaban J connectivity index is 1.62. The highest BCUT2D eigenvalue weighted by Gasteiger charge is 2.14. The van der Waals surface area contributed by atoms with Gasteiger partial charge in [-0.05, 0) is 68.1 Å². The van der Waals surface area contributed by atoms with E-state index in [-0.39, 0.29) is 11.9 Å². The summed E-state index contributed by atoms with van der Waals surface area (Å²) in [6, 6.07) is 13.6. The third kappa shape index (κ3) is 6.94. The van der Waals surface area contributed by atoms with E-state index in [1.54, 1.807) is 11.9 Å². The Hall–Kier alpha value is -3.61. The molecule has 0 saturated carbocycles. The zero-order valence-corrected chi connectivity index (χ0v) is 21.2. The summed E-state index contributed by atoms with van der Waals surface area (Å²) in [5.41, 5.74) is 4.75. The van der Waals surface area contributed by atoms with E-state index < -0.39 is 0 Å². The van der Waals surface area contributed by atoms with Crippen LogP contribution in [0, 0.1) is 6.92 Å². The van der Waals surface area contributed by atoms with Crippen LogP contribution in [0.4, 0.5) is 5.69 Å². The van der Waals surface area contributed by atoms with Crippen LogP contribution in [0.1, 0.15) is 49.8 Å². The Kier molecular flexibility index (Phi) is 9.06. The van der Waals surface area contributed by atoms with Crippen molar-refractivity contribution in [2.24, 2.45) is 0 Å². The van der Waals surface area contributed by atoms with Gasteiger partial charge in [0.25, 0.3) is 0 Å². The summed E-state index contributed by atoms with van der Waals surface area (Å²) in [5.74, 6) is 1.85. The molecule has 35 heavy (non-hydrogen) atoms. The maximum absolute atomic E-state index is 11.7. The quantitative estimate of drug-likeness (QED) is 0.347. The van der Waals surface area contributed by atoms with Gasteiger partial charge < -0.3 is 18.8 Å². The van der Waals surface area contributed by atoms with Crippen LogP contribution in [0.15, 0.2) is 46.9 Å². The van der Waals surface area contributed by atoms with Crippen molar-refractivity contribution in [1.82, 2.24) is 4.98 Å². The normalized spacial score (nSPS) is 10.8. The lowest BCUT2D eigenvalue weighted by molar-refractivity contribution is -0.143. The summed E-state index contributed by atoms with van der Waals surface area (Å²) in [6.45, 7) is 8.20. The second kappa shape index (κ2) is 12.2. The fraction of sp³-hybridized carbons (Fsp3) is 0.393. The van der Waals surface area contributed by atoms with Crippen LogP contribution < -0.4 is 9.64 Å². The number of oxazole rings is 1. The molecule has 0 unspecified atom stereocenters. The molecule has 0 N–H and O–H groups in total. The Morgan fingerprint density at radius 1 is 1.06 bits per heavy atom. The number of anilines is 1. The number of benzene rings is 2. The van der Waals surface area contributed by atoms with E-state index in [1.165, 1.54) is 12.5 Å². The number of ether oxygens (including phenoxy) is 2. The molecule has 7 heteroatoms. The third-order valence-corrected chi connectivity index (χ3v) is 5.92. The molecule has 0 fully saturated rings. The fourth-order valence-corrected chi connectivity index (χ4v) is 3.81. The summed E-state index contributed by atoms with van der Waals surface area (Å²) in [6.07, 6.45) is 2.50. The van der Waals surface area contributed by atoms with Gasteiger partial charge in [0.05, 0.1) is 18.9 Å². The molecule has 0 spiro atoms.